The third kappa shape index (κ3) is 3.59. The summed E-state index contributed by atoms with van der Waals surface area (Å²) in [7, 11) is -2.38. The molecule has 8 heteroatoms. The van der Waals surface area contributed by atoms with E-state index in [4.69, 9.17) is 4.74 Å². The van der Waals surface area contributed by atoms with Crippen molar-refractivity contribution < 1.29 is 17.9 Å². The number of halogens is 1. The van der Waals surface area contributed by atoms with Crippen LogP contribution >= 0.6 is 15.9 Å². The van der Waals surface area contributed by atoms with Gasteiger partial charge in [0, 0.05) is 10.5 Å². The van der Waals surface area contributed by atoms with Crippen LogP contribution in [0.25, 0.3) is 0 Å². The van der Waals surface area contributed by atoms with Gasteiger partial charge in [0.2, 0.25) is 11.8 Å². The van der Waals surface area contributed by atoms with Crippen LogP contribution in [0.4, 0.5) is 5.69 Å². The van der Waals surface area contributed by atoms with Gasteiger partial charge in [-0.1, -0.05) is 15.9 Å². The maximum Gasteiger partial charge on any atom is 0.245 e. The van der Waals surface area contributed by atoms with Crippen LogP contribution in [0.5, 0.6) is 5.88 Å². The van der Waals surface area contributed by atoms with Gasteiger partial charge in [-0.2, -0.15) is 0 Å². The van der Waals surface area contributed by atoms with Crippen molar-refractivity contribution >= 4 is 37.4 Å². The fraction of sp³-hybridized carbons (Fsp3) is 0.250. The summed E-state index contributed by atoms with van der Waals surface area (Å²) in [6.07, 6.45) is 1.40. The van der Waals surface area contributed by atoms with E-state index < -0.39 is 20.5 Å². The Kier molecular flexibility index (Phi) is 5.29. The molecule has 0 fully saturated rings. The van der Waals surface area contributed by atoms with E-state index in [9.17, 15) is 13.2 Å². The van der Waals surface area contributed by atoms with Crippen LogP contribution < -0.4 is 10.1 Å². The van der Waals surface area contributed by atoms with E-state index in [0.29, 0.717) is 11.6 Å². The lowest BCUT2D eigenvalue weighted by atomic mass is 10.2. The fourth-order valence-corrected chi connectivity index (χ4v) is 3.53. The van der Waals surface area contributed by atoms with Crippen molar-refractivity contribution in [2.45, 2.75) is 23.5 Å². The molecule has 1 amide bonds. The topological polar surface area (TPSA) is 85.4 Å². The van der Waals surface area contributed by atoms with Gasteiger partial charge in [0.1, 0.15) is 4.75 Å². The summed E-state index contributed by atoms with van der Waals surface area (Å²) in [6, 6.07) is 9.33. The molecular formula is C16H17BrN2O4S. The number of sulfone groups is 1. The molecule has 1 N–H and O–H groups in total. The van der Waals surface area contributed by atoms with Gasteiger partial charge in [0.05, 0.1) is 23.9 Å². The first-order valence-corrected chi connectivity index (χ1v) is 9.28. The number of ether oxygens (including phenoxy) is 1. The Hall–Kier alpha value is -1.93. The van der Waals surface area contributed by atoms with E-state index in [2.05, 4.69) is 26.2 Å². The molecular weight excluding hydrogens is 396 g/mol. The molecule has 24 heavy (non-hydrogen) atoms. The molecule has 0 unspecified atom stereocenters. The third-order valence-electron chi connectivity index (χ3n) is 3.55. The number of hydrogen-bond acceptors (Lipinski definition) is 5. The number of benzene rings is 1. The highest BCUT2D eigenvalue weighted by Crippen LogP contribution is 2.28. The fourth-order valence-electron chi connectivity index (χ4n) is 1.89. The number of nitrogens with zero attached hydrogens (tertiary/aromatic N) is 1. The van der Waals surface area contributed by atoms with Gasteiger partial charge >= 0.3 is 0 Å². The quantitative estimate of drug-likeness (QED) is 0.815. The second kappa shape index (κ2) is 6.90. The van der Waals surface area contributed by atoms with Crippen LogP contribution in [0.3, 0.4) is 0 Å². The standard InChI is InChI=1S/C16H17BrN2O4S/c1-16(2,24(21,22)13-7-4-11(17)5-8-13)15(20)19-12-6-9-14(23-3)18-10-12/h4-10H,1-3H3,(H,19,20). The van der Waals surface area contributed by atoms with Gasteiger partial charge in [-0.3, -0.25) is 4.79 Å². The Labute approximate surface area is 149 Å². The number of rotatable bonds is 5. The van der Waals surface area contributed by atoms with Gasteiger partial charge < -0.3 is 10.1 Å². The summed E-state index contributed by atoms with van der Waals surface area (Å²) < 4.78 is 29.6. The van der Waals surface area contributed by atoms with Crippen molar-refractivity contribution in [3.8, 4) is 5.88 Å². The van der Waals surface area contributed by atoms with Crippen LogP contribution in [0, 0.1) is 0 Å². The molecule has 0 saturated heterocycles. The number of nitrogens with one attached hydrogen (secondary N) is 1. The highest BCUT2D eigenvalue weighted by molar-refractivity contribution is 9.10. The van der Waals surface area contributed by atoms with Crippen molar-refractivity contribution in [1.29, 1.82) is 0 Å². The molecule has 1 heterocycles. The van der Waals surface area contributed by atoms with E-state index >= 15 is 0 Å². The number of carbonyl (C=O) groups excluding carboxylic acids is 1. The third-order valence-corrected chi connectivity index (χ3v) is 6.50. The van der Waals surface area contributed by atoms with E-state index in [1.54, 1.807) is 24.3 Å². The molecule has 2 rings (SSSR count). The Balaban J connectivity index is 2.26. The molecule has 1 aromatic carbocycles. The minimum Gasteiger partial charge on any atom is -0.481 e. The average Bonchev–Trinajstić information content (AvgIpc) is 2.55. The van der Waals surface area contributed by atoms with Crippen LogP contribution in [0.2, 0.25) is 0 Å². The number of methoxy groups -OCH3 is 1. The highest BCUT2D eigenvalue weighted by Gasteiger charge is 2.42. The first-order chi connectivity index (χ1) is 11.2. The number of aromatic nitrogens is 1. The number of anilines is 1. The summed E-state index contributed by atoms with van der Waals surface area (Å²) >= 11 is 3.26. The zero-order valence-corrected chi connectivity index (χ0v) is 15.8. The lowest BCUT2D eigenvalue weighted by molar-refractivity contribution is -0.117. The molecule has 128 valence electrons. The van der Waals surface area contributed by atoms with Crippen molar-refractivity contribution in [2.24, 2.45) is 0 Å². The summed E-state index contributed by atoms with van der Waals surface area (Å²) in [5.41, 5.74) is 0.389. The first kappa shape index (κ1) is 18.4. The van der Waals surface area contributed by atoms with Crippen molar-refractivity contribution in [1.82, 2.24) is 4.98 Å². The number of hydrogen-bond donors (Lipinski definition) is 1. The van der Waals surface area contributed by atoms with Gasteiger partial charge in [-0.25, -0.2) is 13.4 Å². The molecule has 0 aliphatic carbocycles. The highest BCUT2D eigenvalue weighted by atomic mass is 79.9. The maximum atomic E-state index is 12.8. The van der Waals surface area contributed by atoms with Gasteiger partial charge in [-0.15, -0.1) is 0 Å². The van der Waals surface area contributed by atoms with E-state index in [-0.39, 0.29) is 4.90 Å². The zero-order valence-electron chi connectivity index (χ0n) is 13.4. The van der Waals surface area contributed by atoms with Gasteiger partial charge in [-0.05, 0) is 44.2 Å². The molecule has 1 aromatic heterocycles. The SMILES string of the molecule is COc1ccc(NC(=O)C(C)(C)S(=O)(=O)c2ccc(Br)cc2)cn1. The predicted octanol–water partition coefficient (Wildman–Crippen LogP) is 3.04. The lowest BCUT2D eigenvalue weighted by Crippen LogP contribution is -2.44. The van der Waals surface area contributed by atoms with E-state index in [1.807, 2.05) is 0 Å². The van der Waals surface area contributed by atoms with Gasteiger partial charge in [0.25, 0.3) is 0 Å². The molecule has 0 aliphatic heterocycles. The van der Waals surface area contributed by atoms with Crippen molar-refractivity contribution in [3.05, 3.63) is 47.1 Å². The summed E-state index contributed by atoms with van der Waals surface area (Å²) in [4.78, 5) is 16.6. The second-order valence-corrected chi connectivity index (χ2v) is 8.93. The number of carbonyl (C=O) groups is 1. The largest absolute Gasteiger partial charge is 0.481 e. The number of amides is 1. The van der Waals surface area contributed by atoms with Crippen molar-refractivity contribution in [2.75, 3.05) is 12.4 Å². The average molecular weight is 413 g/mol. The molecule has 0 spiro atoms. The Morgan fingerprint density at radius 1 is 1.17 bits per heavy atom. The summed E-state index contributed by atoms with van der Waals surface area (Å²) in [5.74, 6) is -0.243. The number of pyridine rings is 1. The summed E-state index contributed by atoms with van der Waals surface area (Å²) in [5, 5.41) is 2.58. The molecule has 0 saturated carbocycles. The van der Waals surface area contributed by atoms with Crippen LogP contribution in [0.15, 0.2) is 52.0 Å². The molecule has 2 aromatic rings. The van der Waals surface area contributed by atoms with Crippen molar-refractivity contribution in [3.63, 3.8) is 0 Å². The van der Waals surface area contributed by atoms with E-state index in [1.165, 1.54) is 39.3 Å². The molecule has 0 radical (unpaired) electrons. The zero-order chi connectivity index (χ0) is 18.0. The second-order valence-electron chi connectivity index (χ2n) is 5.51. The molecule has 0 atom stereocenters. The van der Waals surface area contributed by atoms with Gasteiger partial charge in [0.15, 0.2) is 9.84 Å². The Morgan fingerprint density at radius 3 is 2.29 bits per heavy atom. The molecule has 0 bridgehead atoms. The molecule has 0 aliphatic rings. The monoisotopic (exact) mass is 412 g/mol. The minimum absolute atomic E-state index is 0.0821. The first-order valence-electron chi connectivity index (χ1n) is 7.00. The van der Waals surface area contributed by atoms with Crippen LogP contribution in [-0.2, 0) is 14.6 Å². The predicted molar refractivity (Wildman–Crippen MR) is 94.8 cm³/mol. The Bertz CT molecular complexity index is 831. The smallest absolute Gasteiger partial charge is 0.245 e. The van der Waals surface area contributed by atoms with E-state index in [0.717, 1.165) is 4.47 Å². The lowest BCUT2D eigenvalue weighted by Gasteiger charge is -2.24. The van der Waals surface area contributed by atoms with Crippen LogP contribution in [-0.4, -0.2) is 31.2 Å². The summed E-state index contributed by atoms with van der Waals surface area (Å²) in [6.45, 7) is 2.74. The Morgan fingerprint density at radius 2 is 1.79 bits per heavy atom. The van der Waals surface area contributed by atoms with Crippen LogP contribution in [0.1, 0.15) is 13.8 Å². The minimum atomic E-state index is -3.87. The normalized spacial score (nSPS) is 11.8. The molecule has 6 nitrogen and oxygen atoms in total. The maximum absolute atomic E-state index is 12.8.